The molecule has 0 radical (unpaired) electrons. The molecule has 0 aliphatic heterocycles. The van der Waals surface area contributed by atoms with E-state index in [1.54, 1.807) is 13.8 Å². The van der Waals surface area contributed by atoms with Crippen molar-refractivity contribution in [3.63, 3.8) is 0 Å². The Hall–Kier alpha value is -1.80. The van der Waals surface area contributed by atoms with Gasteiger partial charge in [-0.05, 0) is 29.8 Å². The minimum absolute atomic E-state index is 0.0428. The van der Waals surface area contributed by atoms with E-state index in [9.17, 15) is 14.5 Å². The standard InChI is InChI=1S/C12H8BrClFN3O3/c1-5-6(2)17-12(11(14)16-5)21-10-4-8(15)7(13)3-9(10)18(19)20/h3-4H,1-2H3. The second-order valence-electron chi connectivity index (χ2n) is 4.08. The van der Waals surface area contributed by atoms with Gasteiger partial charge in [0.25, 0.3) is 5.88 Å². The number of hydrogen-bond donors (Lipinski definition) is 0. The third kappa shape index (κ3) is 3.27. The van der Waals surface area contributed by atoms with Crippen LogP contribution in [0.1, 0.15) is 11.4 Å². The van der Waals surface area contributed by atoms with Gasteiger partial charge in [-0.25, -0.2) is 14.4 Å². The van der Waals surface area contributed by atoms with Crippen LogP contribution in [-0.2, 0) is 0 Å². The first kappa shape index (κ1) is 15.6. The maximum atomic E-state index is 13.6. The molecule has 6 nitrogen and oxygen atoms in total. The molecule has 21 heavy (non-hydrogen) atoms. The predicted molar refractivity (Wildman–Crippen MR) is 77.3 cm³/mol. The first-order valence-electron chi connectivity index (χ1n) is 5.61. The molecule has 0 unspecified atom stereocenters. The average molecular weight is 377 g/mol. The minimum Gasteiger partial charge on any atom is -0.429 e. The van der Waals surface area contributed by atoms with Gasteiger partial charge in [-0.1, -0.05) is 11.6 Å². The summed E-state index contributed by atoms with van der Waals surface area (Å²) < 4.78 is 18.8. The highest BCUT2D eigenvalue weighted by molar-refractivity contribution is 9.10. The summed E-state index contributed by atoms with van der Waals surface area (Å²) in [5.41, 5.74) is 0.734. The molecule has 0 saturated carbocycles. The van der Waals surface area contributed by atoms with Crippen LogP contribution in [0.2, 0.25) is 5.15 Å². The lowest BCUT2D eigenvalue weighted by Gasteiger charge is -2.09. The SMILES string of the molecule is Cc1nc(Cl)c(Oc2cc(F)c(Br)cc2[N+](=O)[O-])nc1C. The molecule has 1 heterocycles. The molecule has 0 atom stereocenters. The van der Waals surface area contributed by atoms with Gasteiger partial charge < -0.3 is 4.74 Å². The van der Waals surface area contributed by atoms with E-state index >= 15 is 0 Å². The van der Waals surface area contributed by atoms with E-state index in [0.29, 0.717) is 11.4 Å². The zero-order chi connectivity index (χ0) is 15.7. The van der Waals surface area contributed by atoms with Crippen LogP contribution in [0.25, 0.3) is 0 Å². The number of ether oxygens (including phenoxy) is 1. The summed E-state index contributed by atoms with van der Waals surface area (Å²) in [7, 11) is 0. The van der Waals surface area contributed by atoms with Gasteiger partial charge in [-0.3, -0.25) is 10.1 Å². The van der Waals surface area contributed by atoms with E-state index < -0.39 is 16.4 Å². The van der Waals surface area contributed by atoms with Gasteiger partial charge in [0.1, 0.15) is 5.82 Å². The fourth-order valence-corrected chi connectivity index (χ4v) is 2.01. The molecule has 110 valence electrons. The highest BCUT2D eigenvalue weighted by Gasteiger charge is 2.21. The smallest absolute Gasteiger partial charge is 0.312 e. The largest absolute Gasteiger partial charge is 0.429 e. The highest BCUT2D eigenvalue weighted by atomic mass is 79.9. The predicted octanol–water partition coefficient (Wildman–Crippen LogP) is 4.35. The van der Waals surface area contributed by atoms with Crippen LogP contribution in [0, 0.1) is 29.8 Å². The van der Waals surface area contributed by atoms with E-state index in [4.69, 9.17) is 16.3 Å². The Labute approximate surface area is 132 Å². The fourth-order valence-electron chi connectivity index (χ4n) is 1.47. The summed E-state index contributed by atoms with van der Waals surface area (Å²) in [5, 5.41) is 10.9. The molecule has 9 heteroatoms. The Morgan fingerprint density at radius 1 is 1.33 bits per heavy atom. The molecule has 0 fully saturated rings. The monoisotopic (exact) mass is 375 g/mol. The van der Waals surface area contributed by atoms with Crippen molar-refractivity contribution in [2.75, 3.05) is 0 Å². The molecule has 0 aliphatic carbocycles. The van der Waals surface area contributed by atoms with E-state index in [0.717, 1.165) is 12.1 Å². The average Bonchev–Trinajstić information content (AvgIpc) is 2.39. The van der Waals surface area contributed by atoms with Crippen LogP contribution in [0.5, 0.6) is 11.6 Å². The maximum Gasteiger partial charge on any atom is 0.312 e. The molecule has 2 aromatic rings. The number of benzene rings is 1. The third-order valence-electron chi connectivity index (χ3n) is 2.64. The Balaban J connectivity index is 2.51. The summed E-state index contributed by atoms with van der Waals surface area (Å²) in [4.78, 5) is 18.3. The zero-order valence-electron chi connectivity index (χ0n) is 10.9. The summed E-state index contributed by atoms with van der Waals surface area (Å²) >= 11 is 8.76. The van der Waals surface area contributed by atoms with Crippen molar-refractivity contribution in [1.82, 2.24) is 9.97 Å². The van der Waals surface area contributed by atoms with E-state index in [-0.39, 0.29) is 21.3 Å². The van der Waals surface area contributed by atoms with Gasteiger partial charge in [0.15, 0.2) is 5.15 Å². The van der Waals surface area contributed by atoms with Crippen LogP contribution in [-0.4, -0.2) is 14.9 Å². The Bertz CT molecular complexity index is 742. The fraction of sp³-hybridized carbons (Fsp3) is 0.167. The van der Waals surface area contributed by atoms with Crippen LogP contribution in [0.15, 0.2) is 16.6 Å². The van der Waals surface area contributed by atoms with E-state index in [1.165, 1.54) is 0 Å². The molecule has 0 saturated heterocycles. The molecule has 2 rings (SSSR count). The van der Waals surface area contributed by atoms with Crippen molar-refractivity contribution >= 4 is 33.2 Å². The van der Waals surface area contributed by atoms with Crippen molar-refractivity contribution in [2.45, 2.75) is 13.8 Å². The number of aryl methyl sites for hydroxylation is 2. The van der Waals surface area contributed by atoms with Crippen LogP contribution in [0.3, 0.4) is 0 Å². The number of hydrogen-bond acceptors (Lipinski definition) is 5. The van der Waals surface area contributed by atoms with Crippen LogP contribution >= 0.6 is 27.5 Å². The van der Waals surface area contributed by atoms with Crippen LogP contribution < -0.4 is 4.74 Å². The molecule has 1 aromatic heterocycles. The normalized spacial score (nSPS) is 10.5. The van der Waals surface area contributed by atoms with E-state index in [2.05, 4.69) is 25.9 Å². The van der Waals surface area contributed by atoms with Crippen molar-refractivity contribution < 1.29 is 14.1 Å². The van der Waals surface area contributed by atoms with E-state index in [1.807, 2.05) is 0 Å². The molecule has 0 amide bonds. The van der Waals surface area contributed by atoms with Gasteiger partial charge in [0.05, 0.1) is 20.8 Å². The summed E-state index contributed by atoms with van der Waals surface area (Å²) in [6, 6.07) is 1.89. The lowest BCUT2D eigenvalue weighted by atomic mass is 10.3. The number of nitro benzene ring substituents is 1. The second kappa shape index (κ2) is 5.90. The number of nitrogens with zero attached hydrogens (tertiary/aromatic N) is 3. The number of rotatable bonds is 3. The van der Waals surface area contributed by atoms with Gasteiger partial charge in [0.2, 0.25) is 5.75 Å². The molecule has 0 N–H and O–H groups in total. The van der Waals surface area contributed by atoms with Crippen molar-refractivity contribution in [2.24, 2.45) is 0 Å². The van der Waals surface area contributed by atoms with Crippen molar-refractivity contribution in [1.29, 1.82) is 0 Å². The third-order valence-corrected chi connectivity index (χ3v) is 3.49. The van der Waals surface area contributed by atoms with Gasteiger partial charge in [-0.15, -0.1) is 0 Å². The molecule has 0 spiro atoms. The summed E-state index contributed by atoms with van der Waals surface area (Å²) in [6.45, 7) is 3.39. The lowest BCUT2D eigenvalue weighted by molar-refractivity contribution is -0.385. The van der Waals surface area contributed by atoms with Crippen molar-refractivity contribution in [3.05, 3.63) is 49.1 Å². The molecular formula is C12H8BrClFN3O3. The number of aromatic nitrogens is 2. The number of halogens is 3. The Morgan fingerprint density at radius 2 is 1.95 bits per heavy atom. The Kier molecular flexibility index (Phi) is 4.38. The minimum atomic E-state index is -0.705. The van der Waals surface area contributed by atoms with Crippen LogP contribution in [0.4, 0.5) is 10.1 Å². The summed E-state index contributed by atoms with van der Waals surface area (Å²) in [6.07, 6.45) is 0. The first-order chi connectivity index (χ1) is 9.79. The molecule has 0 bridgehead atoms. The molecule has 1 aromatic carbocycles. The first-order valence-corrected chi connectivity index (χ1v) is 6.78. The van der Waals surface area contributed by atoms with Gasteiger partial charge in [0, 0.05) is 12.1 Å². The Morgan fingerprint density at radius 3 is 2.57 bits per heavy atom. The maximum absolute atomic E-state index is 13.6. The van der Waals surface area contributed by atoms with Crippen molar-refractivity contribution in [3.8, 4) is 11.6 Å². The second-order valence-corrected chi connectivity index (χ2v) is 5.30. The number of nitro groups is 1. The van der Waals surface area contributed by atoms with Gasteiger partial charge in [-0.2, -0.15) is 0 Å². The summed E-state index contributed by atoms with van der Waals surface area (Å²) in [5.74, 6) is -1.13. The zero-order valence-corrected chi connectivity index (χ0v) is 13.2. The molecule has 0 aliphatic rings. The highest BCUT2D eigenvalue weighted by Crippen LogP contribution is 2.36. The van der Waals surface area contributed by atoms with Gasteiger partial charge >= 0.3 is 5.69 Å². The topological polar surface area (TPSA) is 78.2 Å². The quantitative estimate of drug-likeness (QED) is 0.588. The lowest BCUT2D eigenvalue weighted by Crippen LogP contribution is -2.00. The molecular weight excluding hydrogens is 369 g/mol.